The average Bonchev–Trinajstić information content (AvgIpc) is 2.51. The maximum Gasteiger partial charge on any atom is 0.408 e. The van der Waals surface area contributed by atoms with Gasteiger partial charge in [0.15, 0.2) is 0 Å². The summed E-state index contributed by atoms with van der Waals surface area (Å²) in [6.45, 7) is 3.02. The standard InChI is InChI=1S/C16H14ClF3N4/c1-8(2)13(16(18,19)20)24-15-9-3-5-21-7-10(9)12-11(23-15)4-6-22-14(12)17/h3-8,13H,1-2H3,(H,23,24)/t13-/m1/s1. The molecule has 0 saturated heterocycles. The van der Waals surface area contributed by atoms with Gasteiger partial charge in [-0.15, -0.1) is 0 Å². The SMILES string of the molecule is CC(C)[C@@H](Nc1nc2ccnc(Cl)c2c2cnccc12)C(F)(F)F. The van der Waals surface area contributed by atoms with Gasteiger partial charge in [0.05, 0.1) is 5.52 Å². The van der Waals surface area contributed by atoms with Gasteiger partial charge in [-0.1, -0.05) is 25.4 Å². The number of pyridine rings is 3. The molecule has 0 unspecified atom stereocenters. The highest BCUT2D eigenvalue weighted by Crippen LogP contribution is 2.35. The quantitative estimate of drug-likeness (QED) is 0.540. The van der Waals surface area contributed by atoms with Crippen molar-refractivity contribution in [2.24, 2.45) is 5.92 Å². The molecule has 0 aliphatic carbocycles. The molecule has 126 valence electrons. The Hall–Kier alpha value is -2.15. The third kappa shape index (κ3) is 2.96. The van der Waals surface area contributed by atoms with Crippen LogP contribution in [0.3, 0.4) is 0 Å². The third-order valence-electron chi connectivity index (χ3n) is 3.77. The number of alkyl halides is 3. The Morgan fingerprint density at radius 3 is 2.54 bits per heavy atom. The van der Waals surface area contributed by atoms with Crippen LogP contribution in [0.5, 0.6) is 0 Å². The fourth-order valence-electron chi connectivity index (χ4n) is 2.63. The van der Waals surface area contributed by atoms with Crippen LogP contribution in [0, 0.1) is 5.92 Å². The molecule has 8 heteroatoms. The molecule has 3 aromatic heterocycles. The van der Waals surface area contributed by atoms with Crippen LogP contribution in [-0.2, 0) is 0 Å². The number of hydrogen-bond acceptors (Lipinski definition) is 4. The molecule has 24 heavy (non-hydrogen) atoms. The van der Waals surface area contributed by atoms with Crippen molar-refractivity contribution in [3.63, 3.8) is 0 Å². The molecule has 0 aliphatic rings. The summed E-state index contributed by atoms with van der Waals surface area (Å²) in [6, 6.07) is 1.51. The van der Waals surface area contributed by atoms with E-state index >= 15 is 0 Å². The van der Waals surface area contributed by atoms with E-state index in [1.165, 1.54) is 26.2 Å². The van der Waals surface area contributed by atoms with Gasteiger partial charge < -0.3 is 5.32 Å². The second-order valence-corrected chi connectivity index (χ2v) is 6.14. The summed E-state index contributed by atoms with van der Waals surface area (Å²) in [5.41, 5.74) is 0.461. The molecular formula is C16H14ClF3N4. The van der Waals surface area contributed by atoms with Crippen molar-refractivity contribution in [3.8, 4) is 0 Å². The molecule has 3 rings (SSSR count). The van der Waals surface area contributed by atoms with Gasteiger partial charge >= 0.3 is 6.18 Å². The second kappa shape index (κ2) is 6.05. The maximum atomic E-state index is 13.3. The average molecular weight is 355 g/mol. The third-order valence-corrected chi connectivity index (χ3v) is 4.06. The highest BCUT2D eigenvalue weighted by molar-refractivity contribution is 6.36. The lowest BCUT2D eigenvalue weighted by molar-refractivity contribution is -0.150. The normalized spacial score (nSPS) is 13.6. The van der Waals surface area contributed by atoms with Crippen LogP contribution in [0.4, 0.5) is 19.0 Å². The van der Waals surface area contributed by atoms with Crippen LogP contribution >= 0.6 is 11.6 Å². The van der Waals surface area contributed by atoms with Crippen LogP contribution in [0.1, 0.15) is 13.8 Å². The van der Waals surface area contributed by atoms with Crippen LogP contribution in [0.15, 0.2) is 30.7 Å². The Kier molecular flexibility index (Phi) is 4.21. The molecule has 1 N–H and O–H groups in total. The fraction of sp³-hybridized carbons (Fsp3) is 0.312. The van der Waals surface area contributed by atoms with E-state index in [-0.39, 0.29) is 11.0 Å². The molecule has 0 aliphatic heterocycles. The van der Waals surface area contributed by atoms with Crippen molar-refractivity contribution >= 4 is 39.1 Å². The highest BCUT2D eigenvalue weighted by Gasteiger charge is 2.42. The van der Waals surface area contributed by atoms with Gasteiger partial charge in [0.2, 0.25) is 0 Å². The maximum absolute atomic E-state index is 13.3. The molecule has 4 nitrogen and oxygen atoms in total. The summed E-state index contributed by atoms with van der Waals surface area (Å²) in [4.78, 5) is 12.4. The number of rotatable bonds is 3. The molecule has 3 heterocycles. The minimum Gasteiger partial charge on any atom is -0.358 e. The first-order valence-corrected chi connectivity index (χ1v) is 7.68. The summed E-state index contributed by atoms with van der Waals surface area (Å²) in [6.07, 6.45) is 0.132. The van der Waals surface area contributed by atoms with Gasteiger partial charge in [0, 0.05) is 34.7 Å². The number of hydrogen-bond donors (Lipinski definition) is 1. The Morgan fingerprint density at radius 2 is 1.88 bits per heavy atom. The zero-order valence-electron chi connectivity index (χ0n) is 12.9. The van der Waals surface area contributed by atoms with Crippen LogP contribution in [0.25, 0.3) is 21.7 Å². The van der Waals surface area contributed by atoms with Crippen LogP contribution < -0.4 is 5.32 Å². The molecule has 1 atom stereocenters. The van der Waals surface area contributed by atoms with E-state index < -0.39 is 18.1 Å². The highest BCUT2D eigenvalue weighted by atomic mass is 35.5. The minimum atomic E-state index is -4.39. The number of nitrogens with zero attached hydrogens (tertiary/aromatic N) is 3. The second-order valence-electron chi connectivity index (χ2n) is 5.79. The molecule has 0 radical (unpaired) electrons. The molecule has 0 spiro atoms. The topological polar surface area (TPSA) is 50.7 Å². The predicted octanol–water partition coefficient (Wildman–Crippen LogP) is 4.83. The molecule has 0 amide bonds. The van der Waals surface area contributed by atoms with E-state index in [4.69, 9.17) is 11.6 Å². The zero-order valence-corrected chi connectivity index (χ0v) is 13.7. The lowest BCUT2D eigenvalue weighted by atomic mass is 10.0. The smallest absolute Gasteiger partial charge is 0.358 e. The van der Waals surface area contributed by atoms with E-state index in [1.807, 2.05) is 0 Å². The molecular weight excluding hydrogens is 341 g/mol. The first-order valence-electron chi connectivity index (χ1n) is 7.30. The Balaban J connectivity index is 2.24. The first-order chi connectivity index (χ1) is 11.3. The van der Waals surface area contributed by atoms with Gasteiger partial charge in [0.1, 0.15) is 17.0 Å². The summed E-state index contributed by atoms with van der Waals surface area (Å²) < 4.78 is 39.9. The number of fused-ring (bicyclic) bond motifs is 3. The lowest BCUT2D eigenvalue weighted by Gasteiger charge is -2.26. The van der Waals surface area contributed by atoms with Gasteiger partial charge in [-0.2, -0.15) is 13.2 Å². The van der Waals surface area contributed by atoms with Crippen molar-refractivity contribution in [2.75, 3.05) is 5.32 Å². The van der Waals surface area contributed by atoms with Crippen molar-refractivity contribution in [2.45, 2.75) is 26.1 Å². The predicted molar refractivity (Wildman–Crippen MR) is 88.2 cm³/mol. The summed E-state index contributed by atoms with van der Waals surface area (Å²) in [5.74, 6) is -0.501. The number of nitrogens with one attached hydrogen (secondary N) is 1. The van der Waals surface area contributed by atoms with Crippen molar-refractivity contribution in [3.05, 3.63) is 35.9 Å². The Morgan fingerprint density at radius 1 is 1.12 bits per heavy atom. The van der Waals surface area contributed by atoms with Gasteiger partial charge in [-0.25, -0.2) is 9.97 Å². The van der Waals surface area contributed by atoms with Crippen molar-refractivity contribution in [1.82, 2.24) is 15.0 Å². The molecule has 0 saturated carbocycles. The Bertz CT molecular complexity index is 895. The summed E-state index contributed by atoms with van der Waals surface area (Å²) in [7, 11) is 0. The molecule has 0 aromatic carbocycles. The van der Waals surface area contributed by atoms with Gasteiger partial charge in [-0.3, -0.25) is 4.98 Å². The lowest BCUT2D eigenvalue weighted by Crippen LogP contribution is -2.40. The molecule has 3 aromatic rings. The van der Waals surface area contributed by atoms with Crippen LogP contribution in [0.2, 0.25) is 5.15 Å². The number of aromatic nitrogens is 3. The van der Waals surface area contributed by atoms with E-state index in [9.17, 15) is 13.2 Å². The number of anilines is 1. The van der Waals surface area contributed by atoms with E-state index in [0.717, 1.165) is 0 Å². The molecule has 0 fully saturated rings. The van der Waals surface area contributed by atoms with Crippen molar-refractivity contribution < 1.29 is 13.2 Å². The fourth-order valence-corrected chi connectivity index (χ4v) is 2.89. The largest absolute Gasteiger partial charge is 0.408 e. The van der Waals surface area contributed by atoms with Gasteiger partial charge in [0.25, 0.3) is 0 Å². The van der Waals surface area contributed by atoms with E-state index in [0.29, 0.717) is 21.7 Å². The van der Waals surface area contributed by atoms with E-state index in [1.54, 1.807) is 18.3 Å². The summed E-state index contributed by atoms with van der Waals surface area (Å²) in [5, 5.41) is 4.47. The van der Waals surface area contributed by atoms with Crippen molar-refractivity contribution in [1.29, 1.82) is 0 Å². The monoisotopic (exact) mass is 354 g/mol. The summed E-state index contributed by atoms with van der Waals surface area (Å²) >= 11 is 6.14. The minimum absolute atomic E-state index is 0.151. The van der Waals surface area contributed by atoms with Crippen LogP contribution in [-0.4, -0.2) is 27.2 Å². The van der Waals surface area contributed by atoms with E-state index in [2.05, 4.69) is 20.3 Å². The van der Waals surface area contributed by atoms with Gasteiger partial charge in [-0.05, 0) is 18.1 Å². The zero-order chi connectivity index (χ0) is 17.5. The molecule has 0 bridgehead atoms. The Labute approximate surface area is 141 Å². The first kappa shape index (κ1) is 16.7. The number of halogens is 4.